The second-order valence-corrected chi connectivity index (χ2v) is 13.3. The van der Waals surface area contributed by atoms with Crippen molar-refractivity contribution < 1.29 is 23.9 Å². The van der Waals surface area contributed by atoms with Crippen LogP contribution in [0.2, 0.25) is 0 Å². The predicted molar refractivity (Wildman–Crippen MR) is 187 cm³/mol. The number of rotatable bonds is 9. The zero-order valence-corrected chi connectivity index (χ0v) is 28.6. The maximum Gasteiger partial charge on any atom is 0.408 e. The van der Waals surface area contributed by atoms with Crippen molar-refractivity contribution in [1.82, 2.24) is 20.0 Å². The molecule has 0 saturated carbocycles. The van der Waals surface area contributed by atoms with E-state index >= 15 is 0 Å². The largest absolute Gasteiger partial charge is 0.496 e. The summed E-state index contributed by atoms with van der Waals surface area (Å²) in [6.07, 6.45) is 3.68. The van der Waals surface area contributed by atoms with Gasteiger partial charge in [-0.2, -0.15) is 5.10 Å². The summed E-state index contributed by atoms with van der Waals surface area (Å²) in [5.41, 5.74) is 5.46. The summed E-state index contributed by atoms with van der Waals surface area (Å²) in [5.74, 6) is 0.164. The van der Waals surface area contributed by atoms with Gasteiger partial charge in [0.15, 0.2) is 0 Å². The number of benzene rings is 3. The molecule has 10 nitrogen and oxygen atoms in total. The van der Waals surface area contributed by atoms with Crippen molar-refractivity contribution in [2.24, 2.45) is 7.05 Å². The van der Waals surface area contributed by atoms with Crippen molar-refractivity contribution in [2.45, 2.75) is 71.1 Å². The number of aryl methyl sites for hydroxylation is 2. The second-order valence-electron chi connectivity index (χ2n) is 13.3. The van der Waals surface area contributed by atoms with Gasteiger partial charge in [0.05, 0.1) is 7.11 Å². The molecule has 10 heteroatoms. The zero-order chi connectivity index (χ0) is 34.4. The van der Waals surface area contributed by atoms with Crippen molar-refractivity contribution in [2.75, 3.05) is 19.0 Å². The Balaban J connectivity index is 1.33. The van der Waals surface area contributed by atoms with Crippen molar-refractivity contribution in [3.8, 4) is 28.1 Å². The van der Waals surface area contributed by atoms with Crippen LogP contribution in [0.1, 0.15) is 51.2 Å². The maximum atomic E-state index is 14.0. The summed E-state index contributed by atoms with van der Waals surface area (Å²) in [6.45, 7) is 7.77. The van der Waals surface area contributed by atoms with Crippen molar-refractivity contribution in [3.63, 3.8) is 0 Å². The first kappa shape index (κ1) is 34.2. The van der Waals surface area contributed by atoms with Crippen LogP contribution in [-0.2, 0) is 27.8 Å². The number of carbonyl (C=O) groups is 3. The van der Waals surface area contributed by atoms with Gasteiger partial charge in [-0.25, -0.2) is 4.79 Å². The average Bonchev–Trinajstić information content (AvgIpc) is 3.45. The van der Waals surface area contributed by atoms with Gasteiger partial charge in [-0.15, -0.1) is 0 Å². The van der Waals surface area contributed by atoms with E-state index < -0.39 is 23.8 Å². The minimum Gasteiger partial charge on any atom is -0.496 e. The predicted octanol–water partition coefficient (Wildman–Crippen LogP) is 6.53. The number of nitrogens with one attached hydrogen (secondary N) is 2. The molecule has 1 saturated heterocycles. The van der Waals surface area contributed by atoms with Gasteiger partial charge in [-0.1, -0.05) is 54.1 Å². The molecular weight excluding hydrogens is 606 g/mol. The molecule has 2 atom stereocenters. The molecule has 1 aromatic heterocycles. The SMILES string of the molecule is COc1ccc(C)cc1-c1nn(C)cc1-c1ccc(NC(=O)C2CCCCN2C(=O)[C@H](Cc2ccccc2)NC(=O)OC(C)(C)C)cc1. The molecule has 0 spiro atoms. The molecule has 2 heterocycles. The normalized spacial score (nSPS) is 15.4. The molecule has 1 aliphatic rings. The molecule has 3 amide bonds. The summed E-state index contributed by atoms with van der Waals surface area (Å²) in [5, 5.41) is 10.5. The van der Waals surface area contributed by atoms with E-state index in [2.05, 4.69) is 16.7 Å². The molecule has 2 N–H and O–H groups in total. The summed E-state index contributed by atoms with van der Waals surface area (Å²) < 4.78 is 12.9. The van der Waals surface area contributed by atoms with Crippen LogP contribution in [0.25, 0.3) is 22.4 Å². The fraction of sp³-hybridized carbons (Fsp3) is 0.368. The van der Waals surface area contributed by atoms with E-state index in [0.29, 0.717) is 18.7 Å². The van der Waals surface area contributed by atoms with Crippen LogP contribution < -0.4 is 15.4 Å². The minimum absolute atomic E-state index is 0.266. The first-order chi connectivity index (χ1) is 22.9. The van der Waals surface area contributed by atoms with Gasteiger partial charge in [0.25, 0.3) is 0 Å². The molecule has 3 aromatic carbocycles. The van der Waals surface area contributed by atoms with E-state index in [0.717, 1.165) is 52.1 Å². The van der Waals surface area contributed by atoms with Crippen molar-refractivity contribution in [1.29, 1.82) is 0 Å². The Morgan fingerprint density at radius 1 is 0.979 bits per heavy atom. The summed E-state index contributed by atoms with van der Waals surface area (Å²) in [7, 11) is 3.53. The molecule has 1 aliphatic heterocycles. The molecule has 4 aromatic rings. The fourth-order valence-corrected chi connectivity index (χ4v) is 6.03. The number of amides is 3. The van der Waals surface area contributed by atoms with E-state index in [9.17, 15) is 14.4 Å². The maximum absolute atomic E-state index is 14.0. The van der Waals surface area contributed by atoms with Gasteiger partial charge in [-0.3, -0.25) is 14.3 Å². The standard InChI is InChI=1S/C38H45N5O5/c1-25-15-20-33(47-6)29(22-25)34-30(24-42(5)41-34)27-16-18-28(19-17-27)39-35(44)32-14-10-11-21-43(32)36(45)31(23-26-12-8-7-9-13-26)40-37(46)48-38(2,3)4/h7-9,12-13,15-20,22,24,31-32H,10-11,14,21,23H2,1-6H3,(H,39,44)(H,40,46)/t31-,32?/m0/s1. The minimum atomic E-state index is -0.893. The molecule has 5 rings (SSSR count). The number of methoxy groups -OCH3 is 1. The lowest BCUT2D eigenvalue weighted by Gasteiger charge is -2.37. The number of piperidine rings is 1. The fourth-order valence-electron chi connectivity index (χ4n) is 6.03. The third kappa shape index (κ3) is 8.42. The van der Waals surface area contributed by atoms with Gasteiger partial charge in [0.1, 0.15) is 29.1 Å². The zero-order valence-electron chi connectivity index (χ0n) is 28.6. The topological polar surface area (TPSA) is 115 Å². The summed E-state index contributed by atoms with van der Waals surface area (Å²) in [6, 6.07) is 21.5. The lowest BCUT2D eigenvalue weighted by atomic mass is 9.97. The number of aromatic nitrogens is 2. The molecular formula is C38H45N5O5. The smallest absolute Gasteiger partial charge is 0.408 e. The molecule has 252 valence electrons. The van der Waals surface area contributed by atoms with Crippen molar-refractivity contribution in [3.05, 3.63) is 90.1 Å². The monoisotopic (exact) mass is 651 g/mol. The second kappa shape index (κ2) is 14.8. The lowest BCUT2D eigenvalue weighted by molar-refractivity contribution is -0.142. The average molecular weight is 652 g/mol. The Morgan fingerprint density at radius 3 is 2.40 bits per heavy atom. The van der Waals surface area contributed by atoms with Crippen LogP contribution in [0.15, 0.2) is 79.0 Å². The van der Waals surface area contributed by atoms with Gasteiger partial charge in [-0.05, 0) is 82.3 Å². The Bertz CT molecular complexity index is 1740. The Morgan fingerprint density at radius 2 is 1.71 bits per heavy atom. The third-order valence-electron chi connectivity index (χ3n) is 8.26. The molecule has 0 radical (unpaired) electrons. The van der Waals surface area contributed by atoms with E-state index in [1.165, 1.54) is 0 Å². The Labute approximate surface area is 282 Å². The molecule has 1 fully saturated rings. The lowest BCUT2D eigenvalue weighted by Crippen LogP contribution is -2.57. The van der Waals surface area contributed by atoms with Crippen LogP contribution in [0.5, 0.6) is 5.75 Å². The number of alkyl carbamates (subject to hydrolysis) is 1. The Kier molecular flexibility index (Phi) is 10.5. The highest BCUT2D eigenvalue weighted by Gasteiger charge is 2.37. The highest BCUT2D eigenvalue weighted by Crippen LogP contribution is 2.37. The van der Waals surface area contributed by atoms with E-state index in [4.69, 9.17) is 14.6 Å². The van der Waals surface area contributed by atoms with Crippen LogP contribution in [0.3, 0.4) is 0 Å². The van der Waals surface area contributed by atoms with Gasteiger partial charge >= 0.3 is 6.09 Å². The number of carbonyl (C=O) groups excluding carboxylic acids is 3. The van der Waals surface area contributed by atoms with Crippen LogP contribution >= 0.6 is 0 Å². The first-order valence-electron chi connectivity index (χ1n) is 16.4. The van der Waals surface area contributed by atoms with E-state index in [-0.39, 0.29) is 18.2 Å². The molecule has 48 heavy (non-hydrogen) atoms. The van der Waals surface area contributed by atoms with Gasteiger partial charge < -0.3 is 25.0 Å². The number of ether oxygens (including phenoxy) is 2. The quantitative estimate of drug-likeness (QED) is 0.213. The van der Waals surface area contributed by atoms with E-state index in [1.54, 1.807) is 37.5 Å². The number of anilines is 1. The van der Waals surface area contributed by atoms with Crippen LogP contribution in [-0.4, -0.2) is 63.9 Å². The third-order valence-corrected chi connectivity index (χ3v) is 8.26. The summed E-state index contributed by atoms with van der Waals surface area (Å²) >= 11 is 0. The van der Waals surface area contributed by atoms with E-state index in [1.807, 2.05) is 86.9 Å². The molecule has 0 aliphatic carbocycles. The highest BCUT2D eigenvalue weighted by atomic mass is 16.6. The van der Waals surface area contributed by atoms with Gasteiger partial charge in [0.2, 0.25) is 11.8 Å². The van der Waals surface area contributed by atoms with Gasteiger partial charge in [0, 0.05) is 43.0 Å². The molecule has 1 unspecified atom stereocenters. The molecule has 0 bridgehead atoms. The number of hydrogen-bond acceptors (Lipinski definition) is 6. The first-order valence-corrected chi connectivity index (χ1v) is 16.4. The van der Waals surface area contributed by atoms with Crippen molar-refractivity contribution >= 4 is 23.6 Å². The Hall–Kier alpha value is -5.12. The van der Waals surface area contributed by atoms with Crippen LogP contribution in [0.4, 0.5) is 10.5 Å². The summed E-state index contributed by atoms with van der Waals surface area (Å²) in [4.78, 5) is 42.2. The number of nitrogens with zero attached hydrogens (tertiary/aromatic N) is 3. The highest BCUT2D eigenvalue weighted by molar-refractivity contribution is 5.98. The number of hydrogen-bond donors (Lipinski definition) is 2. The number of likely N-dealkylation sites (tertiary alicyclic amines) is 1. The van der Waals surface area contributed by atoms with Crippen LogP contribution in [0, 0.1) is 6.92 Å².